The van der Waals surface area contributed by atoms with Crippen LogP contribution < -0.4 is 5.32 Å². The first-order valence-corrected chi connectivity index (χ1v) is 8.90. The topological polar surface area (TPSA) is 46.4 Å². The molecule has 0 atom stereocenters. The number of carbonyl (C=O) groups excluding carboxylic acids is 1. The first kappa shape index (κ1) is 15.5. The number of rotatable bonds is 4. The van der Waals surface area contributed by atoms with Gasteiger partial charge in [0.1, 0.15) is 5.65 Å². The Kier molecular flexibility index (Phi) is 4.75. The van der Waals surface area contributed by atoms with Crippen LogP contribution in [0.2, 0.25) is 0 Å². The summed E-state index contributed by atoms with van der Waals surface area (Å²) >= 11 is 8.40. The van der Waals surface area contributed by atoms with Crippen LogP contribution >= 0.6 is 43.2 Å². The Bertz CT molecular complexity index is 853. The Balaban J connectivity index is 1.61. The molecule has 3 rings (SSSR count). The van der Waals surface area contributed by atoms with Crippen molar-refractivity contribution in [2.24, 2.45) is 0 Å². The van der Waals surface area contributed by atoms with E-state index in [0.717, 1.165) is 25.2 Å². The Morgan fingerprint density at radius 3 is 3.00 bits per heavy atom. The van der Waals surface area contributed by atoms with Crippen molar-refractivity contribution in [3.8, 4) is 0 Å². The lowest BCUT2D eigenvalue weighted by atomic mass is 10.3. The molecule has 0 aliphatic rings. The minimum Gasteiger partial charge on any atom is -0.347 e. The minimum absolute atomic E-state index is 0.138. The summed E-state index contributed by atoms with van der Waals surface area (Å²) in [6, 6.07) is 5.82. The van der Waals surface area contributed by atoms with Gasteiger partial charge in [0.2, 0.25) is 5.91 Å². The molecule has 0 aliphatic carbocycles. The van der Waals surface area contributed by atoms with Crippen molar-refractivity contribution < 1.29 is 4.79 Å². The standard InChI is InChI=1S/C15H11Br2N3OS/c16-11-2-3-14-19-12(8-20(14)7-11)6-18-15(21)4-1-10-5-13(17)22-9-10/h1-5,7-9H,6H2,(H,18,21). The summed E-state index contributed by atoms with van der Waals surface area (Å²) in [5.74, 6) is -0.138. The molecule has 3 heterocycles. The molecular formula is C15H11Br2N3OS. The molecule has 0 saturated heterocycles. The molecule has 22 heavy (non-hydrogen) atoms. The van der Waals surface area contributed by atoms with Gasteiger partial charge in [-0.2, -0.15) is 0 Å². The molecule has 0 saturated carbocycles. The minimum atomic E-state index is -0.138. The second kappa shape index (κ2) is 6.76. The van der Waals surface area contributed by atoms with E-state index in [1.807, 2.05) is 40.4 Å². The third kappa shape index (κ3) is 3.85. The summed E-state index contributed by atoms with van der Waals surface area (Å²) in [6.07, 6.45) is 7.15. The molecule has 0 bridgehead atoms. The average molecular weight is 441 g/mol. The van der Waals surface area contributed by atoms with Gasteiger partial charge in [0.15, 0.2) is 0 Å². The van der Waals surface area contributed by atoms with Crippen molar-refractivity contribution in [3.05, 3.63) is 61.6 Å². The molecule has 1 N–H and O–H groups in total. The molecule has 7 heteroatoms. The fourth-order valence-electron chi connectivity index (χ4n) is 1.92. The van der Waals surface area contributed by atoms with Gasteiger partial charge in [0.25, 0.3) is 0 Å². The maximum atomic E-state index is 11.8. The van der Waals surface area contributed by atoms with Crippen molar-refractivity contribution in [1.29, 1.82) is 0 Å². The zero-order valence-corrected chi connectivity index (χ0v) is 15.3. The Hall–Kier alpha value is -1.44. The smallest absolute Gasteiger partial charge is 0.244 e. The molecular weight excluding hydrogens is 430 g/mol. The molecule has 3 aromatic heterocycles. The van der Waals surface area contributed by atoms with Crippen molar-refractivity contribution in [2.75, 3.05) is 0 Å². The SMILES string of the molecule is O=C(C=Cc1csc(Br)c1)NCc1cn2cc(Br)ccc2n1. The van der Waals surface area contributed by atoms with Crippen molar-refractivity contribution in [1.82, 2.24) is 14.7 Å². The summed E-state index contributed by atoms with van der Waals surface area (Å²) in [6.45, 7) is 0.399. The molecule has 0 radical (unpaired) electrons. The third-order valence-electron chi connectivity index (χ3n) is 2.92. The number of hydrogen-bond donors (Lipinski definition) is 1. The predicted octanol–water partition coefficient (Wildman–Crippen LogP) is 4.25. The Morgan fingerprint density at radius 2 is 2.23 bits per heavy atom. The summed E-state index contributed by atoms with van der Waals surface area (Å²) in [4.78, 5) is 16.3. The molecule has 0 spiro atoms. The fourth-order valence-corrected chi connectivity index (χ4v) is 3.42. The van der Waals surface area contributed by atoms with Gasteiger partial charge < -0.3 is 9.72 Å². The lowest BCUT2D eigenvalue weighted by molar-refractivity contribution is -0.116. The second-order valence-electron chi connectivity index (χ2n) is 4.58. The number of thiophene rings is 1. The first-order valence-electron chi connectivity index (χ1n) is 6.43. The summed E-state index contributed by atoms with van der Waals surface area (Å²) in [5.41, 5.74) is 2.67. The van der Waals surface area contributed by atoms with Crippen LogP contribution in [0.3, 0.4) is 0 Å². The van der Waals surface area contributed by atoms with Gasteiger partial charge in [0, 0.05) is 22.9 Å². The Labute approximate surface area is 148 Å². The third-order valence-corrected chi connectivity index (χ3v) is 4.92. The molecule has 0 aliphatic heterocycles. The van der Waals surface area contributed by atoms with Gasteiger partial charge in [-0.25, -0.2) is 4.98 Å². The summed E-state index contributed by atoms with van der Waals surface area (Å²) in [5, 5.41) is 4.81. The largest absolute Gasteiger partial charge is 0.347 e. The van der Waals surface area contributed by atoms with Gasteiger partial charge in [-0.1, -0.05) is 0 Å². The van der Waals surface area contributed by atoms with Gasteiger partial charge in [-0.05, 0) is 67.1 Å². The maximum absolute atomic E-state index is 11.8. The molecule has 3 aromatic rings. The van der Waals surface area contributed by atoms with E-state index in [4.69, 9.17) is 0 Å². The lowest BCUT2D eigenvalue weighted by Gasteiger charge is -1.97. The van der Waals surface area contributed by atoms with Crippen molar-refractivity contribution in [2.45, 2.75) is 6.54 Å². The van der Waals surface area contributed by atoms with E-state index in [0.29, 0.717) is 6.54 Å². The first-order chi connectivity index (χ1) is 10.6. The number of fused-ring (bicyclic) bond motifs is 1. The van der Waals surface area contributed by atoms with E-state index >= 15 is 0 Å². The molecule has 0 unspecified atom stereocenters. The number of carbonyl (C=O) groups is 1. The van der Waals surface area contributed by atoms with Gasteiger partial charge >= 0.3 is 0 Å². The number of nitrogens with zero attached hydrogens (tertiary/aromatic N) is 2. The lowest BCUT2D eigenvalue weighted by Crippen LogP contribution is -2.20. The number of hydrogen-bond acceptors (Lipinski definition) is 3. The van der Waals surface area contributed by atoms with Crippen LogP contribution in [0.25, 0.3) is 11.7 Å². The zero-order valence-electron chi connectivity index (χ0n) is 11.3. The molecule has 4 nitrogen and oxygen atoms in total. The predicted molar refractivity (Wildman–Crippen MR) is 95.8 cm³/mol. The monoisotopic (exact) mass is 439 g/mol. The summed E-state index contributed by atoms with van der Waals surface area (Å²) < 4.78 is 3.95. The van der Waals surface area contributed by atoms with Crippen LogP contribution in [0.5, 0.6) is 0 Å². The van der Waals surface area contributed by atoms with Crippen LogP contribution in [-0.4, -0.2) is 15.3 Å². The fraction of sp³-hybridized carbons (Fsp3) is 0.0667. The van der Waals surface area contributed by atoms with E-state index in [9.17, 15) is 4.79 Å². The van der Waals surface area contributed by atoms with E-state index in [1.54, 1.807) is 17.4 Å². The van der Waals surface area contributed by atoms with E-state index < -0.39 is 0 Å². The highest BCUT2D eigenvalue weighted by Gasteiger charge is 2.03. The van der Waals surface area contributed by atoms with Crippen molar-refractivity contribution in [3.63, 3.8) is 0 Å². The highest BCUT2D eigenvalue weighted by atomic mass is 79.9. The normalized spacial score (nSPS) is 11.4. The Morgan fingerprint density at radius 1 is 1.36 bits per heavy atom. The van der Waals surface area contributed by atoms with E-state index in [-0.39, 0.29) is 5.91 Å². The number of amides is 1. The number of halogens is 2. The average Bonchev–Trinajstić information content (AvgIpc) is 3.08. The maximum Gasteiger partial charge on any atom is 0.244 e. The van der Waals surface area contributed by atoms with Crippen LogP contribution in [0, 0.1) is 0 Å². The number of imidazole rings is 1. The van der Waals surface area contributed by atoms with Gasteiger partial charge in [0.05, 0.1) is 16.0 Å². The van der Waals surface area contributed by atoms with Crippen molar-refractivity contribution >= 4 is 60.8 Å². The molecule has 112 valence electrons. The number of pyridine rings is 1. The number of aromatic nitrogens is 2. The van der Waals surface area contributed by atoms with Gasteiger partial charge in [-0.3, -0.25) is 4.79 Å². The molecule has 1 amide bonds. The quantitative estimate of drug-likeness (QED) is 0.616. The number of nitrogens with one attached hydrogen (secondary N) is 1. The van der Waals surface area contributed by atoms with Crippen LogP contribution in [0.15, 0.2) is 50.3 Å². The zero-order chi connectivity index (χ0) is 15.5. The van der Waals surface area contributed by atoms with Crippen LogP contribution in [0.1, 0.15) is 11.3 Å². The second-order valence-corrected chi connectivity index (χ2v) is 7.79. The molecule has 0 aromatic carbocycles. The molecule has 0 fully saturated rings. The van der Waals surface area contributed by atoms with Crippen LogP contribution in [0.4, 0.5) is 0 Å². The van der Waals surface area contributed by atoms with E-state index in [1.165, 1.54) is 6.08 Å². The van der Waals surface area contributed by atoms with E-state index in [2.05, 4.69) is 42.2 Å². The highest BCUT2D eigenvalue weighted by Crippen LogP contribution is 2.21. The van der Waals surface area contributed by atoms with Gasteiger partial charge in [-0.15, -0.1) is 11.3 Å². The summed E-state index contributed by atoms with van der Waals surface area (Å²) in [7, 11) is 0. The van der Waals surface area contributed by atoms with Crippen LogP contribution in [-0.2, 0) is 11.3 Å². The highest BCUT2D eigenvalue weighted by molar-refractivity contribution is 9.11.